The molecule has 0 bridgehead atoms. The van der Waals surface area contributed by atoms with E-state index in [0.29, 0.717) is 6.10 Å². The summed E-state index contributed by atoms with van der Waals surface area (Å²) in [6.07, 6.45) is 39.9. The van der Waals surface area contributed by atoms with Crippen LogP contribution in [0.5, 0.6) is 0 Å². The van der Waals surface area contributed by atoms with Crippen molar-refractivity contribution in [3.8, 4) is 0 Å². The number of hydrogen-bond acceptors (Lipinski definition) is 6. The zero-order chi connectivity index (χ0) is 33.8. The van der Waals surface area contributed by atoms with Gasteiger partial charge in [0.25, 0.3) is 0 Å². The average molecular weight is 735 g/mol. The summed E-state index contributed by atoms with van der Waals surface area (Å²) in [4.78, 5) is 0. The van der Waals surface area contributed by atoms with Crippen LogP contribution in [0.1, 0.15) is 207 Å². The molecule has 0 saturated carbocycles. The Morgan fingerprint density at radius 1 is 0.426 bits per heavy atom. The molecule has 1 rings (SSSR count). The van der Waals surface area contributed by atoms with Crippen LogP contribution in [0.2, 0.25) is 0 Å². The van der Waals surface area contributed by atoms with Crippen molar-refractivity contribution in [1.82, 2.24) is 0 Å². The van der Waals surface area contributed by atoms with E-state index < -0.39 is 0 Å². The Labute approximate surface area is 313 Å². The first-order chi connectivity index (χ1) is 23.3. The number of rotatable bonds is 39. The van der Waals surface area contributed by atoms with Gasteiger partial charge in [-0.3, -0.25) is 0 Å². The normalized spacial score (nSPS) is 16.0. The Morgan fingerprint density at radius 2 is 0.745 bits per heavy atom. The molecule has 0 N–H and O–H groups in total. The molecule has 1 fully saturated rings. The molecule has 0 aromatic carbocycles. The molecule has 1 aliphatic rings. The van der Waals surface area contributed by atoms with Gasteiger partial charge in [-0.05, 0) is 68.0 Å². The highest BCUT2D eigenvalue weighted by atomic mass is 32.2. The molecule has 0 spiro atoms. The molecule has 1 aliphatic heterocycles. The summed E-state index contributed by atoms with van der Waals surface area (Å²) in [6, 6.07) is 0. The Hall–Kier alpha value is 1.32. The lowest BCUT2D eigenvalue weighted by atomic mass is 9.99. The van der Waals surface area contributed by atoms with E-state index in [0.717, 1.165) is 25.9 Å². The van der Waals surface area contributed by atoms with Gasteiger partial charge in [-0.15, -0.1) is 0 Å². The van der Waals surface area contributed by atoms with Crippen LogP contribution >= 0.6 is 47.0 Å². The highest BCUT2D eigenvalue weighted by Gasteiger charge is 2.39. The summed E-state index contributed by atoms with van der Waals surface area (Å²) in [6.45, 7) is 7.65. The van der Waals surface area contributed by atoms with Gasteiger partial charge in [0.15, 0.2) is 5.79 Å². The van der Waals surface area contributed by atoms with E-state index in [-0.39, 0.29) is 5.79 Å². The standard InChI is InChI=1S/C41H82O2S4/c1-4-7-9-11-15-21-27-33-44-38-46-35-29-23-17-13-19-25-31-41(42-37-40(6-3)43-41)32-26-20-14-18-24-30-36-47-39-45-34-28-22-16-12-10-8-5-2/h40H,4-39H2,1-3H3. The maximum atomic E-state index is 6.53. The lowest BCUT2D eigenvalue weighted by Crippen LogP contribution is -2.31. The minimum atomic E-state index is -0.270. The van der Waals surface area contributed by atoms with E-state index in [1.54, 1.807) is 0 Å². The molecule has 0 aromatic rings. The van der Waals surface area contributed by atoms with E-state index in [9.17, 15) is 0 Å². The zero-order valence-corrected chi connectivity index (χ0v) is 35.2. The summed E-state index contributed by atoms with van der Waals surface area (Å²) < 4.78 is 12.9. The van der Waals surface area contributed by atoms with Gasteiger partial charge in [0.1, 0.15) is 0 Å². The van der Waals surface area contributed by atoms with Gasteiger partial charge in [0.05, 0.1) is 12.7 Å². The van der Waals surface area contributed by atoms with Gasteiger partial charge in [-0.2, -0.15) is 47.0 Å². The van der Waals surface area contributed by atoms with E-state index in [4.69, 9.17) is 9.47 Å². The Balaban J connectivity index is 1.92. The molecular weight excluding hydrogens is 653 g/mol. The SMILES string of the molecule is CCCCCCCCCSCSCCCCCCCCC1(CCCCCCCCSCSCCCCCCCCC)OCC(CC)O1. The third-order valence-electron chi connectivity index (χ3n) is 9.68. The van der Waals surface area contributed by atoms with E-state index >= 15 is 0 Å². The van der Waals surface area contributed by atoms with Gasteiger partial charge in [-0.1, -0.05) is 149 Å². The number of ether oxygens (including phenoxy) is 2. The molecule has 1 heterocycles. The summed E-state index contributed by atoms with van der Waals surface area (Å²) >= 11 is 8.66. The van der Waals surface area contributed by atoms with Crippen molar-refractivity contribution in [2.45, 2.75) is 219 Å². The third-order valence-corrected chi connectivity index (χ3v) is 14.7. The largest absolute Gasteiger partial charge is 0.347 e. The van der Waals surface area contributed by atoms with Crippen LogP contribution in [-0.2, 0) is 9.47 Å². The van der Waals surface area contributed by atoms with Crippen molar-refractivity contribution < 1.29 is 9.47 Å². The minimum Gasteiger partial charge on any atom is -0.347 e. The predicted octanol–water partition coefficient (Wildman–Crippen LogP) is 15.3. The number of hydrogen-bond donors (Lipinski definition) is 0. The minimum absolute atomic E-state index is 0.270. The molecule has 0 amide bonds. The molecule has 0 aliphatic carbocycles. The van der Waals surface area contributed by atoms with Crippen LogP contribution in [0.3, 0.4) is 0 Å². The van der Waals surface area contributed by atoms with Gasteiger partial charge < -0.3 is 9.47 Å². The van der Waals surface area contributed by atoms with Crippen molar-refractivity contribution in [2.75, 3.05) is 39.8 Å². The number of thioether (sulfide) groups is 4. The average Bonchev–Trinajstić information content (AvgIpc) is 3.50. The van der Waals surface area contributed by atoms with Gasteiger partial charge in [0, 0.05) is 23.0 Å². The van der Waals surface area contributed by atoms with Gasteiger partial charge in [0.2, 0.25) is 0 Å². The Morgan fingerprint density at radius 3 is 1.06 bits per heavy atom. The van der Waals surface area contributed by atoms with Crippen LogP contribution in [0.25, 0.3) is 0 Å². The molecule has 1 saturated heterocycles. The summed E-state index contributed by atoms with van der Waals surface area (Å²) in [5.74, 6) is 5.17. The van der Waals surface area contributed by atoms with Crippen LogP contribution in [0.15, 0.2) is 0 Å². The molecule has 2 nitrogen and oxygen atoms in total. The van der Waals surface area contributed by atoms with Gasteiger partial charge >= 0.3 is 0 Å². The van der Waals surface area contributed by atoms with Crippen molar-refractivity contribution in [3.63, 3.8) is 0 Å². The van der Waals surface area contributed by atoms with E-state index in [1.807, 2.05) is 0 Å². The van der Waals surface area contributed by atoms with Crippen LogP contribution in [0.4, 0.5) is 0 Å². The second kappa shape index (κ2) is 37.1. The molecule has 47 heavy (non-hydrogen) atoms. The zero-order valence-electron chi connectivity index (χ0n) is 32.0. The van der Waals surface area contributed by atoms with Crippen LogP contribution in [0, 0.1) is 0 Å². The topological polar surface area (TPSA) is 18.5 Å². The lowest BCUT2D eigenvalue weighted by molar-refractivity contribution is -0.179. The second-order valence-corrected chi connectivity index (χ2v) is 19.4. The predicted molar refractivity (Wildman–Crippen MR) is 224 cm³/mol. The molecule has 1 atom stereocenters. The summed E-state index contributed by atoms with van der Waals surface area (Å²) in [5.41, 5.74) is 0. The quantitative estimate of drug-likeness (QED) is 0.0459. The number of unbranched alkanes of at least 4 members (excludes halogenated alkanes) is 22. The fraction of sp³-hybridized carbons (Fsp3) is 1.00. The second-order valence-electron chi connectivity index (χ2n) is 14.2. The van der Waals surface area contributed by atoms with E-state index in [1.165, 1.54) is 200 Å². The molecule has 282 valence electrons. The van der Waals surface area contributed by atoms with Crippen LogP contribution in [-0.4, -0.2) is 51.7 Å². The van der Waals surface area contributed by atoms with Gasteiger partial charge in [-0.25, -0.2) is 0 Å². The first kappa shape index (κ1) is 46.3. The first-order valence-electron chi connectivity index (χ1n) is 20.9. The van der Waals surface area contributed by atoms with E-state index in [2.05, 4.69) is 67.8 Å². The molecular formula is C41H82O2S4. The molecule has 0 radical (unpaired) electrons. The van der Waals surface area contributed by atoms with Crippen molar-refractivity contribution in [3.05, 3.63) is 0 Å². The first-order valence-corrected chi connectivity index (χ1v) is 25.5. The van der Waals surface area contributed by atoms with Crippen molar-refractivity contribution >= 4 is 47.0 Å². The molecule has 0 aromatic heterocycles. The maximum absolute atomic E-state index is 6.53. The highest BCUT2D eigenvalue weighted by molar-refractivity contribution is 8.16. The fourth-order valence-electron chi connectivity index (χ4n) is 6.49. The maximum Gasteiger partial charge on any atom is 0.168 e. The molecule has 6 heteroatoms. The highest BCUT2D eigenvalue weighted by Crippen LogP contribution is 2.35. The summed E-state index contributed by atoms with van der Waals surface area (Å²) in [7, 11) is 0. The fourth-order valence-corrected chi connectivity index (χ4v) is 11.0. The Bertz CT molecular complexity index is 568. The smallest absolute Gasteiger partial charge is 0.168 e. The summed E-state index contributed by atoms with van der Waals surface area (Å²) in [5, 5.41) is 2.60. The van der Waals surface area contributed by atoms with Crippen LogP contribution < -0.4 is 0 Å². The lowest BCUT2D eigenvalue weighted by Gasteiger charge is -2.28. The van der Waals surface area contributed by atoms with Crippen molar-refractivity contribution in [1.29, 1.82) is 0 Å². The monoisotopic (exact) mass is 735 g/mol. The molecule has 1 unspecified atom stereocenters. The Kier molecular flexibility index (Phi) is 36.6. The third kappa shape index (κ3) is 30.6. The van der Waals surface area contributed by atoms with Crippen molar-refractivity contribution in [2.24, 2.45) is 0 Å².